The Bertz CT molecular complexity index is 1150. The summed E-state index contributed by atoms with van der Waals surface area (Å²) in [5, 5.41) is 14.0. The first-order valence-corrected chi connectivity index (χ1v) is 11.6. The normalized spacial score (nSPS) is 21.6. The number of amides is 2. The van der Waals surface area contributed by atoms with Gasteiger partial charge in [-0.15, -0.1) is 0 Å². The quantitative estimate of drug-likeness (QED) is 0.493. The summed E-state index contributed by atoms with van der Waals surface area (Å²) < 4.78 is 11.5. The van der Waals surface area contributed by atoms with Crippen LogP contribution < -0.4 is 19.9 Å². The number of cyclic esters (lactones) is 1. The first-order chi connectivity index (χ1) is 16.9. The Balaban J connectivity index is 1.23. The van der Waals surface area contributed by atoms with Crippen LogP contribution in [0.1, 0.15) is 12.5 Å². The molecule has 0 saturated carbocycles. The van der Waals surface area contributed by atoms with Gasteiger partial charge in [0.1, 0.15) is 24.5 Å². The van der Waals surface area contributed by atoms with Crippen LogP contribution in [0.4, 0.5) is 21.9 Å². The van der Waals surface area contributed by atoms with Crippen molar-refractivity contribution in [3.05, 3.63) is 58.1 Å². The lowest BCUT2D eigenvalue weighted by Gasteiger charge is -2.37. The van der Waals surface area contributed by atoms with Crippen LogP contribution in [0.15, 0.2) is 42.5 Å². The Hall–Kier alpha value is -3.86. The molecule has 2 saturated heterocycles. The second-order valence-electron chi connectivity index (χ2n) is 8.91. The van der Waals surface area contributed by atoms with E-state index in [0.29, 0.717) is 18.0 Å². The Morgan fingerprint density at radius 3 is 2.69 bits per heavy atom. The lowest BCUT2D eigenvalue weighted by atomic mass is 10.1. The number of benzene rings is 2. The summed E-state index contributed by atoms with van der Waals surface area (Å²) in [6.07, 6.45) is -0.904. The van der Waals surface area contributed by atoms with Crippen molar-refractivity contribution in [2.45, 2.75) is 25.6 Å². The van der Waals surface area contributed by atoms with Gasteiger partial charge >= 0.3 is 6.09 Å². The molecule has 11 nitrogen and oxygen atoms in total. The molecule has 2 atom stereocenters. The SMILES string of the molecule is CC(=O)NC[C@@H]1OC(=O)N2c3ccc(N4CCN(Cc5ccccc5[N+](=O)[O-])CC4)cc3OC[C@@H]12. The number of nitro benzene ring substituents is 1. The van der Waals surface area contributed by atoms with Crippen molar-refractivity contribution in [2.24, 2.45) is 0 Å². The van der Waals surface area contributed by atoms with Gasteiger partial charge in [0.15, 0.2) is 0 Å². The number of hydrogen-bond donors (Lipinski definition) is 1. The number of rotatable bonds is 6. The predicted octanol–water partition coefficient (Wildman–Crippen LogP) is 2.14. The van der Waals surface area contributed by atoms with Crippen molar-refractivity contribution >= 4 is 29.1 Å². The molecular weight excluding hydrogens is 454 g/mol. The number of nitro groups is 1. The van der Waals surface area contributed by atoms with Gasteiger partial charge in [0.05, 0.1) is 17.2 Å². The Labute approximate surface area is 202 Å². The van der Waals surface area contributed by atoms with Crippen molar-refractivity contribution in [2.75, 3.05) is 49.1 Å². The highest BCUT2D eigenvalue weighted by Gasteiger charge is 2.46. The van der Waals surface area contributed by atoms with Gasteiger partial charge in [0, 0.05) is 63.0 Å². The summed E-state index contributed by atoms with van der Waals surface area (Å²) >= 11 is 0. The summed E-state index contributed by atoms with van der Waals surface area (Å²) in [7, 11) is 0. The van der Waals surface area contributed by atoms with Crippen molar-refractivity contribution in [3.8, 4) is 5.75 Å². The van der Waals surface area contributed by atoms with Crippen molar-refractivity contribution in [1.29, 1.82) is 0 Å². The molecule has 0 spiro atoms. The van der Waals surface area contributed by atoms with Crippen molar-refractivity contribution < 1.29 is 24.0 Å². The second-order valence-corrected chi connectivity index (χ2v) is 8.91. The van der Waals surface area contributed by atoms with Crippen LogP contribution in [0.2, 0.25) is 0 Å². The monoisotopic (exact) mass is 481 g/mol. The molecule has 2 aromatic rings. The lowest BCUT2D eigenvalue weighted by Crippen LogP contribution is -2.48. The third kappa shape index (κ3) is 4.59. The van der Waals surface area contributed by atoms with E-state index in [-0.39, 0.29) is 35.7 Å². The highest BCUT2D eigenvalue weighted by molar-refractivity contribution is 5.94. The summed E-state index contributed by atoms with van der Waals surface area (Å²) in [6, 6.07) is 12.4. The molecule has 2 aromatic carbocycles. The van der Waals surface area contributed by atoms with E-state index in [4.69, 9.17) is 9.47 Å². The number of hydrogen-bond acceptors (Lipinski definition) is 8. The second kappa shape index (κ2) is 9.41. The van der Waals surface area contributed by atoms with Gasteiger partial charge in [0.25, 0.3) is 5.69 Å². The number of anilines is 2. The standard InChI is InChI=1S/C24H27N5O6/c1-16(30)25-13-23-21-15-34-22-12-18(6-7-20(22)28(21)24(31)35-23)27-10-8-26(9-11-27)14-17-4-2-3-5-19(17)29(32)33/h2-7,12,21,23H,8-11,13-15H2,1H3,(H,25,30)/t21-,23-/m0/s1. The Morgan fingerprint density at radius 1 is 1.17 bits per heavy atom. The van der Waals surface area contributed by atoms with Gasteiger partial charge in [-0.25, -0.2) is 4.79 Å². The summed E-state index contributed by atoms with van der Waals surface area (Å²) in [5.41, 5.74) is 2.53. The molecule has 0 unspecified atom stereocenters. The average Bonchev–Trinajstić information content (AvgIpc) is 3.19. The molecule has 0 radical (unpaired) electrons. The van der Waals surface area contributed by atoms with Crippen LogP contribution in [0.5, 0.6) is 5.75 Å². The fourth-order valence-corrected chi connectivity index (χ4v) is 4.86. The maximum atomic E-state index is 12.5. The molecule has 3 heterocycles. The molecule has 1 N–H and O–H groups in total. The van der Waals surface area contributed by atoms with E-state index >= 15 is 0 Å². The first kappa shape index (κ1) is 22.9. The van der Waals surface area contributed by atoms with E-state index in [0.717, 1.165) is 37.4 Å². The molecule has 2 fully saturated rings. The van der Waals surface area contributed by atoms with Crippen molar-refractivity contribution in [3.63, 3.8) is 0 Å². The number of para-hydroxylation sites is 1. The minimum Gasteiger partial charge on any atom is -0.489 e. The molecule has 11 heteroatoms. The maximum Gasteiger partial charge on any atom is 0.415 e. The molecule has 0 aliphatic carbocycles. The van der Waals surface area contributed by atoms with E-state index in [1.807, 2.05) is 30.3 Å². The van der Waals surface area contributed by atoms with Gasteiger partial charge in [-0.1, -0.05) is 18.2 Å². The molecule has 0 aromatic heterocycles. The number of nitrogens with zero attached hydrogens (tertiary/aromatic N) is 4. The van der Waals surface area contributed by atoms with Crippen LogP contribution in [0.3, 0.4) is 0 Å². The Morgan fingerprint density at radius 2 is 1.94 bits per heavy atom. The molecular formula is C24H27N5O6. The summed E-state index contributed by atoms with van der Waals surface area (Å²) in [4.78, 5) is 40.8. The maximum absolute atomic E-state index is 12.5. The third-order valence-electron chi connectivity index (χ3n) is 6.69. The van der Waals surface area contributed by atoms with E-state index in [1.165, 1.54) is 6.92 Å². The summed E-state index contributed by atoms with van der Waals surface area (Å²) in [6.45, 7) is 5.58. The van der Waals surface area contributed by atoms with E-state index in [2.05, 4.69) is 15.1 Å². The molecule has 0 bridgehead atoms. The zero-order valence-corrected chi connectivity index (χ0v) is 19.4. The first-order valence-electron chi connectivity index (χ1n) is 11.6. The lowest BCUT2D eigenvalue weighted by molar-refractivity contribution is -0.385. The number of carbonyl (C=O) groups is 2. The molecule has 35 heavy (non-hydrogen) atoms. The van der Waals surface area contributed by atoms with Crippen LogP contribution in [-0.2, 0) is 16.1 Å². The van der Waals surface area contributed by atoms with Gasteiger partial charge in [-0.2, -0.15) is 0 Å². The zero-order chi connectivity index (χ0) is 24.5. The Kier molecular flexibility index (Phi) is 6.16. The smallest absolute Gasteiger partial charge is 0.415 e. The number of nitrogens with one attached hydrogen (secondary N) is 1. The van der Waals surface area contributed by atoms with Crippen LogP contribution in [-0.4, -0.2) is 73.3 Å². The molecule has 2 amide bonds. The van der Waals surface area contributed by atoms with Crippen LogP contribution >= 0.6 is 0 Å². The van der Waals surface area contributed by atoms with E-state index in [1.54, 1.807) is 17.0 Å². The average molecular weight is 482 g/mol. The molecule has 184 valence electrons. The van der Waals surface area contributed by atoms with E-state index in [9.17, 15) is 19.7 Å². The van der Waals surface area contributed by atoms with Crippen LogP contribution in [0.25, 0.3) is 0 Å². The molecule has 5 rings (SSSR count). The minimum absolute atomic E-state index is 0.153. The minimum atomic E-state index is -0.465. The zero-order valence-electron chi connectivity index (χ0n) is 19.4. The highest BCUT2D eigenvalue weighted by Crippen LogP contribution is 2.41. The number of piperazine rings is 1. The van der Waals surface area contributed by atoms with Gasteiger partial charge < -0.3 is 19.7 Å². The van der Waals surface area contributed by atoms with Crippen molar-refractivity contribution in [1.82, 2.24) is 10.2 Å². The highest BCUT2D eigenvalue weighted by atomic mass is 16.6. The number of ether oxygens (including phenoxy) is 2. The largest absolute Gasteiger partial charge is 0.489 e. The summed E-state index contributed by atoms with van der Waals surface area (Å²) in [5.74, 6) is 0.446. The molecule has 3 aliphatic rings. The third-order valence-corrected chi connectivity index (χ3v) is 6.69. The van der Waals surface area contributed by atoms with Gasteiger partial charge in [-0.3, -0.25) is 24.7 Å². The molecule has 3 aliphatic heterocycles. The van der Waals surface area contributed by atoms with E-state index < -0.39 is 12.2 Å². The number of carbonyl (C=O) groups excluding carboxylic acids is 2. The number of fused-ring (bicyclic) bond motifs is 3. The topological polar surface area (TPSA) is 117 Å². The van der Waals surface area contributed by atoms with Crippen LogP contribution in [0, 0.1) is 10.1 Å². The fourth-order valence-electron chi connectivity index (χ4n) is 4.86. The predicted molar refractivity (Wildman–Crippen MR) is 128 cm³/mol. The fraction of sp³-hybridized carbons (Fsp3) is 0.417. The van der Waals surface area contributed by atoms with Gasteiger partial charge in [0.2, 0.25) is 5.91 Å². The van der Waals surface area contributed by atoms with Gasteiger partial charge in [-0.05, 0) is 12.1 Å².